The number of hydrogen-bond acceptors (Lipinski definition) is 4. The number of carbonyl (C=O) groups excluding carboxylic acids is 1. The normalized spacial score (nSPS) is 11.1. The SMILES string of the molecule is COC(=O)c1cc(Oc2ccc(C(F)(F)F)cc2Cl)ccc1OC. The topological polar surface area (TPSA) is 44.8 Å². The van der Waals surface area contributed by atoms with Crippen LogP contribution >= 0.6 is 11.6 Å². The predicted octanol–water partition coefficient (Wildman–Crippen LogP) is 4.95. The molecule has 0 saturated carbocycles. The summed E-state index contributed by atoms with van der Waals surface area (Å²) in [5.74, 6) is -0.160. The molecule has 0 N–H and O–H groups in total. The zero-order valence-corrected chi connectivity index (χ0v) is 13.4. The Kier molecular flexibility index (Phi) is 5.23. The minimum Gasteiger partial charge on any atom is -0.496 e. The molecule has 8 heteroatoms. The summed E-state index contributed by atoms with van der Waals surface area (Å²) in [6.45, 7) is 0. The van der Waals surface area contributed by atoms with Crippen molar-refractivity contribution in [1.29, 1.82) is 0 Å². The number of methoxy groups -OCH3 is 2. The van der Waals surface area contributed by atoms with E-state index in [1.807, 2.05) is 0 Å². The number of halogens is 4. The van der Waals surface area contributed by atoms with E-state index in [0.717, 1.165) is 18.2 Å². The monoisotopic (exact) mass is 360 g/mol. The summed E-state index contributed by atoms with van der Waals surface area (Å²) in [6, 6.07) is 7.03. The van der Waals surface area contributed by atoms with Gasteiger partial charge in [-0.15, -0.1) is 0 Å². The molecule has 0 aliphatic carbocycles. The van der Waals surface area contributed by atoms with Crippen LogP contribution in [0.15, 0.2) is 36.4 Å². The number of rotatable bonds is 4. The highest BCUT2D eigenvalue weighted by Crippen LogP contribution is 2.37. The zero-order chi connectivity index (χ0) is 17.9. The molecule has 0 radical (unpaired) electrons. The summed E-state index contributed by atoms with van der Waals surface area (Å²) in [4.78, 5) is 11.7. The van der Waals surface area contributed by atoms with E-state index in [1.54, 1.807) is 0 Å². The quantitative estimate of drug-likeness (QED) is 0.724. The fraction of sp³-hybridized carbons (Fsp3) is 0.188. The van der Waals surface area contributed by atoms with Gasteiger partial charge in [0.05, 0.1) is 24.8 Å². The van der Waals surface area contributed by atoms with Crippen molar-refractivity contribution < 1.29 is 32.2 Å². The Morgan fingerprint density at radius 1 is 1.04 bits per heavy atom. The molecule has 2 aromatic carbocycles. The van der Waals surface area contributed by atoms with Crippen molar-refractivity contribution in [3.05, 3.63) is 52.5 Å². The highest BCUT2D eigenvalue weighted by molar-refractivity contribution is 6.32. The van der Waals surface area contributed by atoms with Crippen LogP contribution in [0.3, 0.4) is 0 Å². The zero-order valence-electron chi connectivity index (χ0n) is 12.6. The molecule has 4 nitrogen and oxygen atoms in total. The van der Waals surface area contributed by atoms with E-state index in [4.69, 9.17) is 21.1 Å². The third kappa shape index (κ3) is 3.91. The lowest BCUT2D eigenvalue weighted by Crippen LogP contribution is -2.05. The van der Waals surface area contributed by atoms with E-state index in [-0.39, 0.29) is 27.8 Å². The molecular weight excluding hydrogens is 349 g/mol. The summed E-state index contributed by atoms with van der Waals surface area (Å²) < 4.78 is 53.0. The van der Waals surface area contributed by atoms with E-state index in [2.05, 4.69) is 4.74 Å². The molecule has 0 bridgehead atoms. The van der Waals surface area contributed by atoms with Crippen LogP contribution < -0.4 is 9.47 Å². The van der Waals surface area contributed by atoms with Crippen LogP contribution in [0.5, 0.6) is 17.2 Å². The van der Waals surface area contributed by atoms with E-state index < -0.39 is 17.7 Å². The van der Waals surface area contributed by atoms with Crippen molar-refractivity contribution in [2.24, 2.45) is 0 Å². The molecule has 0 aliphatic rings. The first-order valence-corrected chi connectivity index (χ1v) is 6.95. The Morgan fingerprint density at radius 2 is 1.71 bits per heavy atom. The number of alkyl halides is 3. The van der Waals surface area contributed by atoms with Crippen molar-refractivity contribution in [2.45, 2.75) is 6.18 Å². The highest BCUT2D eigenvalue weighted by Gasteiger charge is 2.31. The van der Waals surface area contributed by atoms with Gasteiger partial charge in [-0.2, -0.15) is 13.2 Å². The summed E-state index contributed by atoms with van der Waals surface area (Å²) in [6.07, 6.45) is -4.50. The second-order valence-electron chi connectivity index (χ2n) is 4.60. The molecule has 0 aromatic heterocycles. The largest absolute Gasteiger partial charge is 0.496 e. The summed E-state index contributed by atoms with van der Waals surface area (Å²) in [5, 5.41) is -0.208. The van der Waals surface area contributed by atoms with Gasteiger partial charge in [0, 0.05) is 0 Å². The molecule has 2 aromatic rings. The Morgan fingerprint density at radius 3 is 2.25 bits per heavy atom. The second kappa shape index (κ2) is 7.00. The van der Waals surface area contributed by atoms with E-state index in [9.17, 15) is 18.0 Å². The van der Waals surface area contributed by atoms with Crippen LogP contribution in [0.4, 0.5) is 13.2 Å². The first-order valence-electron chi connectivity index (χ1n) is 6.57. The number of esters is 1. The number of ether oxygens (including phenoxy) is 3. The van der Waals surface area contributed by atoms with Crippen LogP contribution in [0, 0.1) is 0 Å². The average molecular weight is 361 g/mol. The molecule has 0 fully saturated rings. The van der Waals surface area contributed by atoms with Gasteiger partial charge in [0.2, 0.25) is 0 Å². The van der Waals surface area contributed by atoms with Crippen molar-refractivity contribution in [2.75, 3.05) is 14.2 Å². The van der Waals surface area contributed by atoms with Gasteiger partial charge < -0.3 is 14.2 Å². The van der Waals surface area contributed by atoms with Crippen molar-refractivity contribution in [1.82, 2.24) is 0 Å². The van der Waals surface area contributed by atoms with E-state index in [0.29, 0.717) is 0 Å². The van der Waals surface area contributed by atoms with Crippen LogP contribution in [0.1, 0.15) is 15.9 Å². The summed E-state index contributed by atoms with van der Waals surface area (Å²) >= 11 is 5.83. The van der Waals surface area contributed by atoms with Crippen molar-refractivity contribution >= 4 is 17.6 Å². The fourth-order valence-electron chi connectivity index (χ4n) is 1.91. The van der Waals surface area contributed by atoms with Gasteiger partial charge >= 0.3 is 12.1 Å². The minimum absolute atomic E-state index is 0.0191. The summed E-state index contributed by atoms with van der Waals surface area (Å²) in [5.41, 5.74) is -0.773. The van der Waals surface area contributed by atoms with Gasteiger partial charge in [-0.05, 0) is 36.4 Å². The maximum absolute atomic E-state index is 12.6. The van der Waals surface area contributed by atoms with Gasteiger partial charge in [-0.3, -0.25) is 0 Å². The van der Waals surface area contributed by atoms with Crippen LogP contribution in [-0.4, -0.2) is 20.2 Å². The Hall–Kier alpha value is -2.41. The lowest BCUT2D eigenvalue weighted by Gasteiger charge is -2.13. The highest BCUT2D eigenvalue weighted by atomic mass is 35.5. The van der Waals surface area contributed by atoms with Gasteiger partial charge in [0.1, 0.15) is 22.8 Å². The van der Waals surface area contributed by atoms with Crippen molar-refractivity contribution in [3.8, 4) is 17.2 Å². The van der Waals surface area contributed by atoms with Gasteiger partial charge in [-0.25, -0.2) is 4.79 Å². The number of carbonyl (C=O) groups is 1. The molecule has 0 spiro atoms. The lowest BCUT2D eigenvalue weighted by molar-refractivity contribution is -0.137. The molecule has 0 heterocycles. The molecule has 24 heavy (non-hydrogen) atoms. The Bertz CT molecular complexity index is 759. The average Bonchev–Trinajstić information content (AvgIpc) is 2.54. The molecule has 0 aliphatic heterocycles. The minimum atomic E-state index is -4.50. The first-order chi connectivity index (χ1) is 11.3. The number of benzene rings is 2. The van der Waals surface area contributed by atoms with Crippen molar-refractivity contribution in [3.63, 3.8) is 0 Å². The van der Waals surface area contributed by atoms with Crippen LogP contribution in [0.25, 0.3) is 0 Å². The van der Waals surface area contributed by atoms with E-state index in [1.165, 1.54) is 32.4 Å². The number of hydrogen-bond donors (Lipinski definition) is 0. The maximum atomic E-state index is 12.6. The maximum Gasteiger partial charge on any atom is 0.416 e. The molecule has 0 atom stereocenters. The Labute approximate surface area is 140 Å². The van der Waals surface area contributed by atoms with Crippen LogP contribution in [0.2, 0.25) is 5.02 Å². The third-order valence-electron chi connectivity index (χ3n) is 3.06. The third-order valence-corrected chi connectivity index (χ3v) is 3.36. The van der Waals surface area contributed by atoms with Gasteiger partial charge in [0.15, 0.2) is 0 Å². The molecule has 0 amide bonds. The molecule has 0 saturated heterocycles. The second-order valence-corrected chi connectivity index (χ2v) is 5.01. The van der Waals surface area contributed by atoms with Gasteiger partial charge in [-0.1, -0.05) is 11.6 Å². The van der Waals surface area contributed by atoms with E-state index >= 15 is 0 Å². The fourth-order valence-corrected chi connectivity index (χ4v) is 2.13. The summed E-state index contributed by atoms with van der Waals surface area (Å²) in [7, 11) is 2.59. The predicted molar refractivity (Wildman–Crippen MR) is 80.9 cm³/mol. The smallest absolute Gasteiger partial charge is 0.416 e. The molecule has 2 rings (SSSR count). The lowest BCUT2D eigenvalue weighted by atomic mass is 10.2. The van der Waals surface area contributed by atoms with Gasteiger partial charge in [0.25, 0.3) is 0 Å². The Balaban J connectivity index is 2.33. The molecule has 128 valence electrons. The standard InChI is InChI=1S/C16H12ClF3O4/c1-22-13-6-4-10(8-11(13)15(21)23-2)24-14-5-3-9(7-12(14)17)16(18,19)20/h3-8H,1-2H3. The molecule has 0 unspecified atom stereocenters. The first kappa shape index (κ1) is 17.9. The van der Waals surface area contributed by atoms with Crippen LogP contribution in [-0.2, 0) is 10.9 Å². The molecular formula is C16H12ClF3O4.